The summed E-state index contributed by atoms with van der Waals surface area (Å²) in [6.07, 6.45) is 1.89. The average molecular weight is 209 g/mol. The van der Waals surface area contributed by atoms with Gasteiger partial charge in [0.25, 0.3) is 0 Å². The van der Waals surface area contributed by atoms with E-state index < -0.39 is 0 Å². The van der Waals surface area contributed by atoms with E-state index in [-0.39, 0.29) is 0 Å². The van der Waals surface area contributed by atoms with Gasteiger partial charge in [0.1, 0.15) is 0 Å². The summed E-state index contributed by atoms with van der Waals surface area (Å²) in [5.74, 6) is 0.499. The number of halogens is 1. The van der Waals surface area contributed by atoms with Crippen LogP contribution in [0.3, 0.4) is 0 Å². The van der Waals surface area contributed by atoms with Crippen molar-refractivity contribution >= 4 is 22.5 Å². The average Bonchev–Trinajstić information content (AvgIpc) is 2.49. The van der Waals surface area contributed by atoms with Crippen LogP contribution in [0.5, 0.6) is 0 Å². The molecule has 0 bridgehead atoms. The number of nitrogens with zero attached hydrogens (tertiary/aromatic N) is 2. The molecule has 0 atom stereocenters. The van der Waals surface area contributed by atoms with Crippen molar-refractivity contribution in [3.8, 4) is 0 Å². The van der Waals surface area contributed by atoms with Gasteiger partial charge in [-0.3, -0.25) is 4.68 Å². The standard InChI is InChI=1S/C11H13ClN2/c1-7(2)8-4-5-10(12)11-9(8)6-13-14(11)3/h4-7H,1-3H3. The van der Waals surface area contributed by atoms with E-state index in [9.17, 15) is 0 Å². The van der Waals surface area contributed by atoms with Crippen LogP contribution in [0.15, 0.2) is 18.3 Å². The fourth-order valence-electron chi connectivity index (χ4n) is 1.77. The van der Waals surface area contributed by atoms with Crippen molar-refractivity contribution in [3.63, 3.8) is 0 Å². The highest BCUT2D eigenvalue weighted by molar-refractivity contribution is 6.35. The van der Waals surface area contributed by atoms with Crippen molar-refractivity contribution < 1.29 is 0 Å². The molecule has 74 valence electrons. The van der Waals surface area contributed by atoms with E-state index in [0.717, 1.165) is 15.9 Å². The Morgan fingerprint density at radius 1 is 1.36 bits per heavy atom. The van der Waals surface area contributed by atoms with Gasteiger partial charge in [0, 0.05) is 12.4 Å². The third kappa shape index (κ3) is 1.30. The summed E-state index contributed by atoms with van der Waals surface area (Å²) in [5, 5.41) is 6.16. The van der Waals surface area contributed by atoms with Gasteiger partial charge in [-0.15, -0.1) is 0 Å². The molecule has 1 aromatic carbocycles. The van der Waals surface area contributed by atoms with E-state index in [2.05, 4.69) is 25.0 Å². The van der Waals surface area contributed by atoms with E-state index in [4.69, 9.17) is 11.6 Å². The number of aryl methyl sites for hydroxylation is 1. The molecule has 0 aliphatic rings. The summed E-state index contributed by atoms with van der Waals surface area (Å²) < 4.78 is 1.82. The molecule has 0 saturated heterocycles. The third-order valence-corrected chi connectivity index (χ3v) is 2.81. The second-order valence-electron chi connectivity index (χ2n) is 3.82. The Morgan fingerprint density at radius 3 is 2.71 bits per heavy atom. The lowest BCUT2D eigenvalue weighted by Crippen LogP contribution is -1.92. The quantitative estimate of drug-likeness (QED) is 0.703. The first-order chi connectivity index (χ1) is 6.61. The molecule has 0 spiro atoms. The second kappa shape index (κ2) is 3.28. The predicted octanol–water partition coefficient (Wildman–Crippen LogP) is 3.35. The molecule has 0 saturated carbocycles. The maximum absolute atomic E-state index is 6.12. The van der Waals surface area contributed by atoms with Crippen LogP contribution in [-0.2, 0) is 7.05 Å². The lowest BCUT2D eigenvalue weighted by molar-refractivity contribution is 0.797. The van der Waals surface area contributed by atoms with Crippen molar-refractivity contribution in [3.05, 3.63) is 28.9 Å². The monoisotopic (exact) mass is 208 g/mol. The fraction of sp³-hybridized carbons (Fsp3) is 0.364. The van der Waals surface area contributed by atoms with Crippen molar-refractivity contribution in [2.45, 2.75) is 19.8 Å². The first-order valence-corrected chi connectivity index (χ1v) is 5.09. The maximum atomic E-state index is 6.12. The third-order valence-electron chi connectivity index (χ3n) is 2.51. The van der Waals surface area contributed by atoms with Gasteiger partial charge in [0.05, 0.1) is 16.7 Å². The molecule has 0 radical (unpaired) electrons. The molecule has 14 heavy (non-hydrogen) atoms. The summed E-state index contributed by atoms with van der Waals surface area (Å²) >= 11 is 6.12. The Morgan fingerprint density at radius 2 is 2.07 bits per heavy atom. The van der Waals surface area contributed by atoms with Crippen LogP contribution in [0.2, 0.25) is 5.02 Å². The number of hydrogen-bond donors (Lipinski definition) is 0. The Kier molecular flexibility index (Phi) is 2.23. The van der Waals surface area contributed by atoms with Gasteiger partial charge in [-0.05, 0) is 17.5 Å². The summed E-state index contributed by atoms with van der Waals surface area (Å²) in [6.45, 7) is 4.35. The van der Waals surface area contributed by atoms with E-state index in [1.807, 2.05) is 24.0 Å². The van der Waals surface area contributed by atoms with Gasteiger partial charge >= 0.3 is 0 Å². The SMILES string of the molecule is CC(C)c1ccc(Cl)c2c1cnn2C. The summed E-state index contributed by atoms with van der Waals surface area (Å²) in [4.78, 5) is 0. The van der Waals surface area contributed by atoms with E-state index in [1.54, 1.807) is 0 Å². The Balaban J connectivity index is 2.83. The number of benzene rings is 1. The van der Waals surface area contributed by atoms with E-state index >= 15 is 0 Å². The van der Waals surface area contributed by atoms with Gasteiger partial charge in [0.15, 0.2) is 0 Å². The molecule has 0 aliphatic carbocycles. The van der Waals surface area contributed by atoms with Crippen LogP contribution in [0.1, 0.15) is 25.3 Å². The highest BCUT2D eigenvalue weighted by atomic mass is 35.5. The van der Waals surface area contributed by atoms with E-state index in [0.29, 0.717) is 5.92 Å². The maximum Gasteiger partial charge on any atom is 0.0868 e. The molecule has 0 N–H and O–H groups in total. The minimum absolute atomic E-state index is 0.499. The first-order valence-electron chi connectivity index (χ1n) is 4.71. The fourth-order valence-corrected chi connectivity index (χ4v) is 2.05. The van der Waals surface area contributed by atoms with Gasteiger partial charge in [-0.1, -0.05) is 31.5 Å². The van der Waals surface area contributed by atoms with Gasteiger partial charge in [-0.2, -0.15) is 5.10 Å². The molecule has 1 heterocycles. The zero-order valence-corrected chi connectivity index (χ0v) is 9.34. The highest BCUT2D eigenvalue weighted by Gasteiger charge is 2.10. The Bertz CT molecular complexity index is 471. The van der Waals surface area contributed by atoms with Crippen LogP contribution < -0.4 is 0 Å². The molecule has 2 aromatic rings. The Labute approximate surface area is 88.5 Å². The van der Waals surface area contributed by atoms with Crippen molar-refractivity contribution in [1.82, 2.24) is 9.78 Å². The summed E-state index contributed by atoms with van der Waals surface area (Å²) in [5.41, 5.74) is 2.33. The molecule has 0 amide bonds. The number of fused-ring (bicyclic) bond motifs is 1. The number of rotatable bonds is 1. The Hall–Kier alpha value is -1.02. The smallest absolute Gasteiger partial charge is 0.0868 e. The van der Waals surface area contributed by atoms with Crippen molar-refractivity contribution in [2.75, 3.05) is 0 Å². The van der Waals surface area contributed by atoms with Crippen LogP contribution in [0.4, 0.5) is 0 Å². The largest absolute Gasteiger partial charge is 0.266 e. The highest BCUT2D eigenvalue weighted by Crippen LogP contribution is 2.29. The lowest BCUT2D eigenvalue weighted by atomic mass is 10.00. The minimum atomic E-state index is 0.499. The lowest BCUT2D eigenvalue weighted by Gasteiger charge is -2.07. The molecule has 3 heteroatoms. The first kappa shape index (κ1) is 9.53. The molecule has 0 aliphatic heterocycles. The van der Waals surface area contributed by atoms with Crippen LogP contribution in [0, 0.1) is 0 Å². The molecule has 1 aromatic heterocycles. The zero-order chi connectivity index (χ0) is 10.3. The summed E-state index contributed by atoms with van der Waals surface area (Å²) in [6, 6.07) is 4.03. The van der Waals surface area contributed by atoms with Gasteiger partial charge in [0.2, 0.25) is 0 Å². The molecular formula is C11H13ClN2. The van der Waals surface area contributed by atoms with Gasteiger partial charge < -0.3 is 0 Å². The van der Waals surface area contributed by atoms with Crippen molar-refractivity contribution in [1.29, 1.82) is 0 Å². The normalized spacial score (nSPS) is 11.5. The summed E-state index contributed by atoms with van der Waals surface area (Å²) in [7, 11) is 1.92. The number of aromatic nitrogens is 2. The van der Waals surface area contributed by atoms with Crippen LogP contribution in [-0.4, -0.2) is 9.78 Å². The van der Waals surface area contributed by atoms with Crippen LogP contribution in [0.25, 0.3) is 10.9 Å². The molecule has 2 rings (SSSR count). The van der Waals surface area contributed by atoms with Crippen LogP contribution >= 0.6 is 11.6 Å². The van der Waals surface area contributed by atoms with Crippen molar-refractivity contribution in [2.24, 2.45) is 7.05 Å². The predicted molar refractivity (Wildman–Crippen MR) is 59.8 cm³/mol. The van der Waals surface area contributed by atoms with E-state index in [1.165, 1.54) is 5.56 Å². The molecular weight excluding hydrogens is 196 g/mol. The minimum Gasteiger partial charge on any atom is -0.266 e. The molecule has 0 fully saturated rings. The molecule has 0 unspecified atom stereocenters. The second-order valence-corrected chi connectivity index (χ2v) is 4.23. The zero-order valence-electron chi connectivity index (χ0n) is 8.58. The topological polar surface area (TPSA) is 17.8 Å². The molecule has 2 nitrogen and oxygen atoms in total. The number of hydrogen-bond acceptors (Lipinski definition) is 1. The van der Waals surface area contributed by atoms with Gasteiger partial charge in [-0.25, -0.2) is 0 Å².